The van der Waals surface area contributed by atoms with Gasteiger partial charge in [0.2, 0.25) is 0 Å². The van der Waals surface area contributed by atoms with Crippen molar-refractivity contribution in [1.82, 2.24) is 14.8 Å². The number of anilines is 2. The number of nitrogens with zero attached hydrogens (tertiary/aromatic N) is 3. The Labute approximate surface area is 102 Å². The number of nitrogens with one attached hydrogen (secondary N) is 1. The highest BCUT2D eigenvalue weighted by atomic mass is 15.3. The van der Waals surface area contributed by atoms with Gasteiger partial charge >= 0.3 is 0 Å². The van der Waals surface area contributed by atoms with Gasteiger partial charge in [-0.05, 0) is 25.0 Å². The zero-order valence-electron chi connectivity index (χ0n) is 10.7. The lowest BCUT2D eigenvalue weighted by molar-refractivity contribution is 0.713. The summed E-state index contributed by atoms with van der Waals surface area (Å²) in [5.74, 6) is 1.25. The second-order valence-electron chi connectivity index (χ2n) is 4.55. The molecule has 17 heavy (non-hydrogen) atoms. The summed E-state index contributed by atoms with van der Waals surface area (Å²) in [5, 5.41) is 7.78. The summed E-state index contributed by atoms with van der Waals surface area (Å²) < 4.78 is 1.83. The van der Waals surface area contributed by atoms with Crippen LogP contribution in [-0.2, 0) is 7.05 Å². The van der Waals surface area contributed by atoms with Gasteiger partial charge in [0.05, 0.1) is 11.4 Å². The van der Waals surface area contributed by atoms with Crippen LogP contribution >= 0.6 is 0 Å². The van der Waals surface area contributed by atoms with Gasteiger partial charge in [0.25, 0.3) is 0 Å². The van der Waals surface area contributed by atoms with Crippen molar-refractivity contribution in [3.05, 3.63) is 35.8 Å². The highest BCUT2D eigenvalue weighted by molar-refractivity contribution is 5.58. The van der Waals surface area contributed by atoms with E-state index in [-0.39, 0.29) is 0 Å². The fourth-order valence-electron chi connectivity index (χ4n) is 1.78. The standard InChI is InChI=1S/C13H18N4/c1-9(2)13-11(8-17(4)16-13)15-12-7-5-6-10(3)14-12/h5-9H,1-4H3,(H,14,15). The van der Waals surface area contributed by atoms with Gasteiger partial charge < -0.3 is 5.32 Å². The fraction of sp³-hybridized carbons (Fsp3) is 0.385. The monoisotopic (exact) mass is 230 g/mol. The van der Waals surface area contributed by atoms with Crippen molar-refractivity contribution >= 4 is 11.5 Å². The van der Waals surface area contributed by atoms with E-state index in [2.05, 4.69) is 29.2 Å². The minimum atomic E-state index is 0.392. The van der Waals surface area contributed by atoms with Gasteiger partial charge in [-0.1, -0.05) is 19.9 Å². The Morgan fingerprint density at radius 1 is 1.29 bits per heavy atom. The van der Waals surface area contributed by atoms with Gasteiger partial charge in [-0.15, -0.1) is 0 Å². The van der Waals surface area contributed by atoms with E-state index in [0.29, 0.717) is 5.92 Å². The summed E-state index contributed by atoms with van der Waals surface area (Å²) in [7, 11) is 1.93. The van der Waals surface area contributed by atoms with Crippen molar-refractivity contribution in [3.8, 4) is 0 Å². The van der Waals surface area contributed by atoms with Crippen LogP contribution in [0.25, 0.3) is 0 Å². The van der Waals surface area contributed by atoms with Crippen LogP contribution in [0.15, 0.2) is 24.4 Å². The molecule has 0 aliphatic heterocycles. The molecule has 0 aromatic carbocycles. The summed E-state index contributed by atoms with van der Waals surface area (Å²) >= 11 is 0. The lowest BCUT2D eigenvalue weighted by atomic mass is 10.1. The number of pyridine rings is 1. The molecule has 0 unspecified atom stereocenters. The molecule has 4 nitrogen and oxygen atoms in total. The molecule has 90 valence electrons. The van der Waals surface area contributed by atoms with Crippen LogP contribution in [0.1, 0.15) is 31.2 Å². The zero-order chi connectivity index (χ0) is 12.4. The smallest absolute Gasteiger partial charge is 0.130 e. The van der Waals surface area contributed by atoms with Gasteiger partial charge in [0.15, 0.2) is 0 Å². The lowest BCUT2D eigenvalue weighted by Crippen LogP contribution is -1.98. The van der Waals surface area contributed by atoms with E-state index in [9.17, 15) is 0 Å². The lowest BCUT2D eigenvalue weighted by Gasteiger charge is -2.07. The summed E-state index contributed by atoms with van der Waals surface area (Å²) in [5.41, 5.74) is 3.10. The number of aryl methyl sites for hydroxylation is 2. The minimum absolute atomic E-state index is 0.392. The zero-order valence-corrected chi connectivity index (χ0v) is 10.7. The molecule has 0 aliphatic rings. The quantitative estimate of drug-likeness (QED) is 0.881. The first kappa shape index (κ1) is 11.6. The van der Waals surface area contributed by atoms with Crippen LogP contribution in [0.2, 0.25) is 0 Å². The molecule has 0 radical (unpaired) electrons. The Balaban J connectivity index is 2.29. The van der Waals surface area contributed by atoms with E-state index in [1.54, 1.807) is 0 Å². The topological polar surface area (TPSA) is 42.7 Å². The first-order valence-electron chi connectivity index (χ1n) is 5.80. The predicted molar refractivity (Wildman–Crippen MR) is 69.6 cm³/mol. The largest absolute Gasteiger partial charge is 0.337 e. The molecular formula is C13H18N4. The highest BCUT2D eigenvalue weighted by Gasteiger charge is 2.11. The van der Waals surface area contributed by atoms with E-state index in [1.807, 2.05) is 43.0 Å². The third-order valence-corrected chi connectivity index (χ3v) is 2.56. The molecule has 2 aromatic rings. The number of hydrogen-bond donors (Lipinski definition) is 1. The number of aromatic nitrogens is 3. The second-order valence-corrected chi connectivity index (χ2v) is 4.55. The fourth-order valence-corrected chi connectivity index (χ4v) is 1.78. The second kappa shape index (κ2) is 4.57. The Bertz CT molecular complexity index is 514. The van der Waals surface area contributed by atoms with E-state index in [0.717, 1.165) is 22.9 Å². The van der Waals surface area contributed by atoms with Crippen LogP contribution in [0.4, 0.5) is 11.5 Å². The maximum Gasteiger partial charge on any atom is 0.130 e. The Morgan fingerprint density at radius 2 is 2.06 bits per heavy atom. The van der Waals surface area contributed by atoms with Gasteiger partial charge in [-0.3, -0.25) is 4.68 Å². The Hall–Kier alpha value is -1.84. The Morgan fingerprint density at radius 3 is 2.71 bits per heavy atom. The van der Waals surface area contributed by atoms with E-state index in [1.165, 1.54) is 0 Å². The molecule has 2 heterocycles. The molecule has 0 bridgehead atoms. The van der Waals surface area contributed by atoms with Crippen LogP contribution in [0.5, 0.6) is 0 Å². The molecule has 0 fully saturated rings. The number of hydrogen-bond acceptors (Lipinski definition) is 3. The maximum atomic E-state index is 4.46. The van der Waals surface area contributed by atoms with Crippen molar-refractivity contribution in [3.63, 3.8) is 0 Å². The average Bonchev–Trinajstić information content (AvgIpc) is 2.59. The summed E-state index contributed by atoms with van der Waals surface area (Å²) in [6.45, 7) is 6.26. The molecule has 0 spiro atoms. The molecule has 0 saturated heterocycles. The van der Waals surface area contributed by atoms with Crippen molar-refractivity contribution in [2.24, 2.45) is 7.05 Å². The van der Waals surface area contributed by atoms with Crippen molar-refractivity contribution in [1.29, 1.82) is 0 Å². The molecule has 2 aromatic heterocycles. The molecular weight excluding hydrogens is 212 g/mol. The number of rotatable bonds is 3. The molecule has 0 amide bonds. The maximum absolute atomic E-state index is 4.46. The molecule has 0 aliphatic carbocycles. The molecule has 0 saturated carbocycles. The average molecular weight is 230 g/mol. The van der Waals surface area contributed by atoms with Gasteiger partial charge in [0, 0.05) is 18.9 Å². The SMILES string of the molecule is Cc1cccc(Nc2cn(C)nc2C(C)C)n1. The van der Waals surface area contributed by atoms with Gasteiger partial charge in [-0.25, -0.2) is 4.98 Å². The molecule has 2 rings (SSSR count). The van der Waals surface area contributed by atoms with Crippen molar-refractivity contribution in [2.75, 3.05) is 5.32 Å². The molecule has 0 atom stereocenters. The van der Waals surface area contributed by atoms with E-state index < -0.39 is 0 Å². The van der Waals surface area contributed by atoms with Crippen molar-refractivity contribution < 1.29 is 0 Å². The van der Waals surface area contributed by atoms with Crippen LogP contribution < -0.4 is 5.32 Å². The van der Waals surface area contributed by atoms with Crippen LogP contribution in [0.3, 0.4) is 0 Å². The summed E-state index contributed by atoms with van der Waals surface area (Å²) in [6, 6.07) is 5.94. The normalized spacial score (nSPS) is 10.9. The summed E-state index contributed by atoms with van der Waals surface area (Å²) in [6.07, 6.45) is 1.99. The van der Waals surface area contributed by atoms with Crippen LogP contribution in [-0.4, -0.2) is 14.8 Å². The van der Waals surface area contributed by atoms with E-state index >= 15 is 0 Å². The van der Waals surface area contributed by atoms with E-state index in [4.69, 9.17) is 0 Å². The van der Waals surface area contributed by atoms with Crippen molar-refractivity contribution in [2.45, 2.75) is 26.7 Å². The molecule has 4 heteroatoms. The minimum Gasteiger partial charge on any atom is -0.337 e. The predicted octanol–water partition coefficient (Wildman–Crippen LogP) is 2.99. The van der Waals surface area contributed by atoms with Crippen LogP contribution in [0, 0.1) is 6.92 Å². The van der Waals surface area contributed by atoms with Gasteiger partial charge in [0.1, 0.15) is 5.82 Å². The first-order valence-corrected chi connectivity index (χ1v) is 5.80. The third-order valence-electron chi connectivity index (χ3n) is 2.56. The third kappa shape index (κ3) is 2.64. The summed E-state index contributed by atoms with van der Waals surface area (Å²) in [4.78, 5) is 4.43. The Kier molecular flexibility index (Phi) is 3.13. The molecule has 1 N–H and O–H groups in total. The van der Waals surface area contributed by atoms with Gasteiger partial charge in [-0.2, -0.15) is 5.10 Å². The first-order chi connectivity index (χ1) is 8.06. The highest BCUT2D eigenvalue weighted by Crippen LogP contribution is 2.24.